The maximum Gasteiger partial charge on any atom is 0.335 e. The highest BCUT2D eigenvalue weighted by atomic mass is 32.2. The van der Waals surface area contributed by atoms with Crippen molar-refractivity contribution in [3.05, 3.63) is 47.6 Å². The predicted octanol–water partition coefficient (Wildman–Crippen LogP) is 3.09. The van der Waals surface area contributed by atoms with Gasteiger partial charge in [-0.3, -0.25) is 0 Å². The number of carbonyl (C=O) groups excluding carboxylic acids is 1. The van der Waals surface area contributed by atoms with Gasteiger partial charge in [0.25, 0.3) is 0 Å². The van der Waals surface area contributed by atoms with E-state index in [0.717, 1.165) is 6.26 Å². The Morgan fingerprint density at radius 3 is 2.30 bits per heavy atom. The molecule has 2 rings (SSSR count). The first-order valence-corrected chi connectivity index (χ1v) is 8.95. The molecule has 0 saturated carbocycles. The standard InChI is InChI=1S/C17H19FO4S/c1-11(10-18)9-14-15(17(2,3)22-16(14)19)12-5-7-13(8-6-12)23(4,20)21/h5-8H,1,9-10H2,2-4H3. The summed E-state index contributed by atoms with van der Waals surface area (Å²) in [5.74, 6) is -0.494. The van der Waals surface area contributed by atoms with E-state index in [0.29, 0.717) is 22.3 Å². The van der Waals surface area contributed by atoms with E-state index in [-0.39, 0.29) is 11.3 Å². The van der Waals surface area contributed by atoms with Crippen molar-refractivity contribution in [1.29, 1.82) is 0 Å². The van der Waals surface area contributed by atoms with E-state index in [1.54, 1.807) is 26.0 Å². The number of hydrogen-bond acceptors (Lipinski definition) is 4. The summed E-state index contributed by atoms with van der Waals surface area (Å²) < 4.78 is 41.2. The second kappa shape index (κ2) is 5.92. The Hall–Kier alpha value is -1.95. The van der Waals surface area contributed by atoms with E-state index < -0.39 is 28.1 Å². The van der Waals surface area contributed by atoms with Gasteiger partial charge >= 0.3 is 5.97 Å². The number of hydrogen-bond donors (Lipinski definition) is 0. The van der Waals surface area contributed by atoms with Crippen LogP contribution in [0, 0.1) is 0 Å². The molecular formula is C17H19FO4S. The van der Waals surface area contributed by atoms with Crippen LogP contribution in [-0.2, 0) is 19.4 Å². The summed E-state index contributed by atoms with van der Waals surface area (Å²) in [6, 6.07) is 6.23. The van der Waals surface area contributed by atoms with Gasteiger partial charge in [0.1, 0.15) is 12.3 Å². The van der Waals surface area contributed by atoms with Gasteiger partial charge in [0, 0.05) is 23.8 Å². The van der Waals surface area contributed by atoms with Crippen LogP contribution >= 0.6 is 0 Å². The fourth-order valence-electron chi connectivity index (χ4n) is 2.66. The van der Waals surface area contributed by atoms with Crippen LogP contribution < -0.4 is 0 Å². The van der Waals surface area contributed by atoms with E-state index in [4.69, 9.17) is 4.74 Å². The maximum atomic E-state index is 12.7. The molecule has 6 heteroatoms. The summed E-state index contributed by atoms with van der Waals surface area (Å²) in [5.41, 5.74) is 1.10. The zero-order chi connectivity index (χ0) is 17.4. The molecule has 1 aliphatic rings. The minimum atomic E-state index is -3.30. The molecule has 0 aliphatic carbocycles. The number of alkyl halides is 1. The Labute approximate surface area is 135 Å². The minimum absolute atomic E-state index is 0.0991. The fourth-order valence-corrected chi connectivity index (χ4v) is 3.29. The molecule has 23 heavy (non-hydrogen) atoms. The first-order chi connectivity index (χ1) is 10.6. The van der Waals surface area contributed by atoms with Gasteiger partial charge in [-0.25, -0.2) is 17.6 Å². The Bertz CT molecular complexity index is 786. The number of allylic oxidation sites excluding steroid dienone is 1. The van der Waals surface area contributed by atoms with Crippen molar-refractivity contribution in [2.45, 2.75) is 30.8 Å². The number of halogens is 1. The van der Waals surface area contributed by atoms with Gasteiger partial charge in [-0.1, -0.05) is 18.7 Å². The Kier molecular flexibility index (Phi) is 4.48. The Morgan fingerprint density at radius 1 is 1.26 bits per heavy atom. The monoisotopic (exact) mass is 338 g/mol. The summed E-state index contributed by atoms with van der Waals surface area (Å²) in [5, 5.41) is 0. The van der Waals surface area contributed by atoms with Crippen LogP contribution in [0.25, 0.3) is 5.57 Å². The molecule has 0 fully saturated rings. The van der Waals surface area contributed by atoms with Crippen LogP contribution in [-0.4, -0.2) is 32.9 Å². The summed E-state index contributed by atoms with van der Waals surface area (Å²) in [7, 11) is -3.30. The molecule has 0 spiro atoms. The number of esters is 1. The van der Waals surface area contributed by atoms with Crippen molar-refractivity contribution in [1.82, 2.24) is 0 Å². The van der Waals surface area contributed by atoms with Crippen LogP contribution in [0.3, 0.4) is 0 Å². The number of rotatable bonds is 5. The van der Waals surface area contributed by atoms with E-state index in [9.17, 15) is 17.6 Å². The highest BCUT2D eigenvalue weighted by Gasteiger charge is 2.40. The lowest BCUT2D eigenvalue weighted by Gasteiger charge is -2.22. The number of cyclic esters (lactones) is 1. The molecule has 0 amide bonds. The molecule has 4 nitrogen and oxygen atoms in total. The first kappa shape index (κ1) is 17.4. The number of carbonyl (C=O) groups is 1. The van der Waals surface area contributed by atoms with Gasteiger partial charge in [-0.15, -0.1) is 0 Å². The van der Waals surface area contributed by atoms with Crippen molar-refractivity contribution < 1.29 is 22.3 Å². The van der Waals surface area contributed by atoms with Gasteiger partial charge in [0.2, 0.25) is 0 Å². The van der Waals surface area contributed by atoms with Crippen molar-refractivity contribution >= 4 is 21.4 Å². The van der Waals surface area contributed by atoms with E-state index in [1.165, 1.54) is 12.1 Å². The normalized spacial score (nSPS) is 17.3. The van der Waals surface area contributed by atoms with Crippen molar-refractivity contribution in [2.75, 3.05) is 12.9 Å². The van der Waals surface area contributed by atoms with Crippen LogP contribution in [0.2, 0.25) is 0 Å². The Morgan fingerprint density at radius 2 is 1.83 bits per heavy atom. The predicted molar refractivity (Wildman–Crippen MR) is 86.4 cm³/mol. The molecule has 124 valence electrons. The van der Waals surface area contributed by atoms with Gasteiger partial charge in [0.15, 0.2) is 9.84 Å². The first-order valence-electron chi connectivity index (χ1n) is 7.06. The molecule has 0 atom stereocenters. The topological polar surface area (TPSA) is 60.4 Å². The van der Waals surface area contributed by atoms with Crippen LogP contribution in [0.15, 0.2) is 46.9 Å². The summed E-state index contributed by atoms with van der Waals surface area (Å²) in [6.07, 6.45) is 1.23. The lowest BCUT2D eigenvalue weighted by Crippen LogP contribution is -2.22. The fraction of sp³-hybridized carbons (Fsp3) is 0.353. The van der Waals surface area contributed by atoms with Crippen LogP contribution in [0.1, 0.15) is 25.8 Å². The minimum Gasteiger partial charge on any atom is -0.451 e. The number of benzene rings is 1. The second-order valence-corrected chi connectivity index (χ2v) is 8.13. The lowest BCUT2D eigenvalue weighted by atomic mass is 9.87. The molecular weight excluding hydrogens is 319 g/mol. The average molecular weight is 338 g/mol. The third-order valence-corrected chi connectivity index (χ3v) is 4.81. The molecule has 1 aromatic carbocycles. The molecule has 0 unspecified atom stereocenters. The number of ether oxygens (including phenoxy) is 1. The van der Waals surface area contributed by atoms with Crippen molar-refractivity contribution in [2.24, 2.45) is 0 Å². The van der Waals surface area contributed by atoms with E-state index >= 15 is 0 Å². The summed E-state index contributed by atoms with van der Waals surface area (Å²) in [4.78, 5) is 12.3. The third-order valence-electron chi connectivity index (χ3n) is 3.68. The zero-order valence-electron chi connectivity index (χ0n) is 13.3. The smallest absolute Gasteiger partial charge is 0.335 e. The maximum absolute atomic E-state index is 12.7. The quantitative estimate of drug-likeness (QED) is 0.611. The molecule has 0 saturated heterocycles. The van der Waals surface area contributed by atoms with Crippen LogP contribution in [0.5, 0.6) is 0 Å². The molecule has 0 aromatic heterocycles. The molecule has 0 N–H and O–H groups in total. The highest BCUT2D eigenvalue weighted by molar-refractivity contribution is 7.90. The van der Waals surface area contributed by atoms with Gasteiger partial charge in [-0.05, 0) is 37.1 Å². The second-order valence-electron chi connectivity index (χ2n) is 6.11. The largest absolute Gasteiger partial charge is 0.451 e. The Balaban J connectivity index is 2.54. The zero-order valence-corrected chi connectivity index (χ0v) is 14.2. The van der Waals surface area contributed by atoms with E-state index in [2.05, 4.69) is 6.58 Å². The lowest BCUT2D eigenvalue weighted by molar-refractivity contribution is -0.143. The molecule has 1 aromatic rings. The molecule has 0 bridgehead atoms. The van der Waals surface area contributed by atoms with Gasteiger partial charge in [-0.2, -0.15) is 0 Å². The molecule has 1 aliphatic heterocycles. The highest BCUT2D eigenvalue weighted by Crippen LogP contribution is 2.41. The third kappa shape index (κ3) is 3.52. The summed E-state index contributed by atoms with van der Waals surface area (Å²) in [6.45, 7) is 6.38. The molecule has 0 radical (unpaired) electrons. The number of sulfone groups is 1. The van der Waals surface area contributed by atoms with Crippen molar-refractivity contribution in [3.63, 3.8) is 0 Å². The van der Waals surface area contributed by atoms with E-state index in [1.807, 2.05) is 0 Å². The average Bonchev–Trinajstić information content (AvgIpc) is 2.67. The summed E-state index contributed by atoms with van der Waals surface area (Å²) >= 11 is 0. The van der Waals surface area contributed by atoms with Crippen LogP contribution in [0.4, 0.5) is 4.39 Å². The molecule has 1 heterocycles. The van der Waals surface area contributed by atoms with Gasteiger partial charge in [0.05, 0.1) is 4.90 Å². The SMILES string of the molecule is C=C(CF)CC1=C(c2ccc(S(C)(=O)=O)cc2)C(C)(C)OC1=O. The van der Waals surface area contributed by atoms with Gasteiger partial charge < -0.3 is 4.74 Å². The van der Waals surface area contributed by atoms with Crippen molar-refractivity contribution in [3.8, 4) is 0 Å².